The molecule has 3 unspecified atom stereocenters. The SMILES string of the molecule is CC1CCC(C(O)c2cccc3c2OCC3)O1. The van der Waals surface area contributed by atoms with Crippen molar-refractivity contribution in [3.63, 3.8) is 0 Å². The molecule has 3 nitrogen and oxygen atoms in total. The molecular formula is C14H18O3. The second-order valence-electron chi connectivity index (χ2n) is 4.94. The molecule has 1 N–H and O–H groups in total. The summed E-state index contributed by atoms with van der Waals surface area (Å²) < 4.78 is 11.4. The van der Waals surface area contributed by atoms with Gasteiger partial charge in [-0.3, -0.25) is 0 Å². The Bertz CT molecular complexity index is 416. The molecule has 1 saturated heterocycles. The molecule has 2 heterocycles. The molecule has 0 spiro atoms. The number of para-hydroxylation sites is 1. The molecule has 17 heavy (non-hydrogen) atoms. The Balaban J connectivity index is 1.86. The van der Waals surface area contributed by atoms with E-state index in [-0.39, 0.29) is 12.2 Å². The highest BCUT2D eigenvalue weighted by molar-refractivity contribution is 5.45. The van der Waals surface area contributed by atoms with Crippen LogP contribution in [0.4, 0.5) is 0 Å². The number of ether oxygens (including phenoxy) is 2. The van der Waals surface area contributed by atoms with E-state index in [1.807, 2.05) is 12.1 Å². The normalized spacial score (nSPS) is 28.8. The van der Waals surface area contributed by atoms with Crippen LogP contribution in [-0.2, 0) is 11.2 Å². The van der Waals surface area contributed by atoms with Gasteiger partial charge in [0, 0.05) is 12.0 Å². The van der Waals surface area contributed by atoms with Crippen molar-refractivity contribution in [2.75, 3.05) is 6.61 Å². The molecule has 0 saturated carbocycles. The summed E-state index contributed by atoms with van der Waals surface area (Å²) >= 11 is 0. The fourth-order valence-corrected chi connectivity index (χ4v) is 2.74. The average Bonchev–Trinajstić information content (AvgIpc) is 2.95. The summed E-state index contributed by atoms with van der Waals surface area (Å²) in [6, 6.07) is 6.00. The molecule has 3 heteroatoms. The van der Waals surface area contributed by atoms with Crippen molar-refractivity contribution >= 4 is 0 Å². The Labute approximate surface area is 101 Å². The Morgan fingerprint density at radius 1 is 1.35 bits per heavy atom. The van der Waals surface area contributed by atoms with Gasteiger partial charge in [0.15, 0.2) is 0 Å². The van der Waals surface area contributed by atoms with E-state index < -0.39 is 6.10 Å². The molecular weight excluding hydrogens is 216 g/mol. The molecule has 92 valence electrons. The van der Waals surface area contributed by atoms with Crippen molar-refractivity contribution in [3.8, 4) is 5.75 Å². The summed E-state index contributed by atoms with van der Waals surface area (Å²) in [5, 5.41) is 10.4. The summed E-state index contributed by atoms with van der Waals surface area (Å²) in [7, 11) is 0. The average molecular weight is 234 g/mol. The Morgan fingerprint density at radius 2 is 2.24 bits per heavy atom. The summed E-state index contributed by atoms with van der Waals surface area (Å²) in [5.41, 5.74) is 2.09. The highest BCUT2D eigenvalue weighted by Gasteiger charge is 2.32. The quantitative estimate of drug-likeness (QED) is 0.852. The third kappa shape index (κ3) is 1.94. The van der Waals surface area contributed by atoms with Crippen molar-refractivity contribution in [3.05, 3.63) is 29.3 Å². The first-order valence-electron chi connectivity index (χ1n) is 6.34. The molecule has 0 aliphatic carbocycles. The number of hydrogen-bond acceptors (Lipinski definition) is 3. The third-order valence-electron chi connectivity index (χ3n) is 3.68. The Kier molecular flexibility index (Phi) is 2.81. The molecule has 0 bridgehead atoms. The van der Waals surface area contributed by atoms with Gasteiger partial charge in [-0.15, -0.1) is 0 Å². The third-order valence-corrected chi connectivity index (χ3v) is 3.68. The molecule has 3 atom stereocenters. The van der Waals surface area contributed by atoms with Gasteiger partial charge in [-0.05, 0) is 25.3 Å². The fourth-order valence-electron chi connectivity index (χ4n) is 2.74. The maximum Gasteiger partial charge on any atom is 0.128 e. The van der Waals surface area contributed by atoms with Gasteiger partial charge in [-0.25, -0.2) is 0 Å². The molecule has 1 aromatic carbocycles. The predicted molar refractivity (Wildman–Crippen MR) is 64.2 cm³/mol. The molecule has 1 aromatic rings. The highest BCUT2D eigenvalue weighted by Crippen LogP contribution is 2.38. The lowest BCUT2D eigenvalue weighted by Crippen LogP contribution is -2.19. The minimum atomic E-state index is -0.562. The first-order valence-corrected chi connectivity index (χ1v) is 6.34. The van der Waals surface area contributed by atoms with Gasteiger partial charge in [-0.2, -0.15) is 0 Å². The standard InChI is InChI=1S/C14H18O3/c1-9-5-6-12(17-9)13(15)11-4-2-3-10-7-8-16-14(10)11/h2-4,9,12-13,15H,5-8H2,1H3. The summed E-state index contributed by atoms with van der Waals surface area (Å²) in [6.45, 7) is 2.78. The topological polar surface area (TPSA) is 38.7 Å². The van der Waals surface area contributed by atoms with Crippen LogP contribution in [0.15, 0.2) is 18.2 Å². The van der Waals surface area contributed by atoms with Gasteiger partial charge < -0.3 is 14.6 Å². The predicted octanol–water partition coefficient (Wildman–Crippen LogP) is 2.22. The molecule has 0 radical (unpaired) electrons. The summed E-state index contributed by atoms with van der Waals surface area (Å²) in [5.74, 6) is 0.878. The number of aliphatic hydroxyl groups excluding tert-OH is 1. The zero-order valence-corrected chi connectivity index (χ0v) is 10.1. The fraction of sp³-hybridized carbons (Fsp3) is 0.571. The van der Waals surface area contributed by atoms with Crippen LogP contribution in [0.3, 0.4) is 0 Å². The number of hydrogen-bond donors (Lipinski definition) is 1. The monoisotopic (exact) mass is 234 g/mol. The van der Waals surface area contributed by atoms with E-state index in [0.29, 0.717) is 0 Å². The second kappa shape index (κ2) is 4.31. The first-order chi connectivity index (χ1) is 8.25. The van der Waals surface area contributed by atoms with Crippen LogP contribution in [0.25, 0.3) is 0 Å². The van der Waals surface area contributed by atoms with E-state index in [4.69, 9.17) is 9.47 Å². The van der Waals surface area contributed by atoms with E-state index >= 15 is 0 Å². The van der Waals surface area contributed by atoms with Gasteiger partial charge in [0.05, 0.1) is 18.8 Å². The lowest BCUT2D eigenvalue weighted by atomic mass is 9.98. The molecule has 0 aromatic heterocycles. The number of rotatable bonds is 2. The first kappa shape index (κ1) is 11.1. The molecule has 1 fully saturated rings. The smallest absolute Gasteiger partial charge is 0.128 e. The summed E-state index contributed by atoms with van der Waals surface area (Å²) in [4.78, 5) is 0. The van der Waals surface area contributed by atoms with Crippen LogP contribution >= 0.6 is 0 Å². The van der Waals surface area contributed by atoms with Crippen LogP contribution in [0.2, 0.25) is 0 Å². The minimum Gasteiger partial charge on any atom is -0.493 e. The van der Waals surface area contributed by atoms with Crippen LogP contribution < -0.4 is 4.74 Å². The number of benzene rings is 1. The van der Waals surface area contributed by atoms with E-state index in [2.05, 4.69) is 13.0 Å². The van der Waals surface area contributed by atoms with Crippen LogP contribution in [0.5, 0.6) is 5.75 Å². The van der Waals surface area contributed by atoms with Gasteiger partial charge >= 0.3 is 0 Å². The van der Waals surface area contributed by atoms with Gasteiger partial charge in [0.1, 0.15) is 11.9 Å². The van der Waals surface area contributed by atoms with Gasteiger partial charge in [0.25, 0.3) is 0 Å². The van der Waals surface area contributed by atoms with E-state index in [9.17, 15) is 5.11 Å². The molecule has 0 amide bonds. The van der Waals surface area contributed by atoms with Crippen molar-refractivity contribution in [1.82, 2.24) is 0 Å². The van der Waals surface area contributed by atoms with Crippen molar-refractivity contribution in [1.29, 1.82) is 0 Å². The van der Waals surface area contributed by atoms with E-state index in [1.165, 1.54) is 5.56 Å². The van der Waals surface area contributed by atoms with Gasteiger partial charge in [0.2, 0.25) is 0 Å². The van der Waals surface area contributed by atoms with Crippen LogP contribution in [0, 0.1) is 0 Å². The van der Waals surface area contributed by atoms with Crippen molar-refractivity contribution in [2.24, 2.45) is 0 Å². The zero-order chi connectivity index (χ0) is 11.8. The Hall–Kier alpha value is -1.06. The highest BCUT2D eigenvalue weighted by atomic mass is 16.5. The molecule has 3 rings (SSSR count). The largest absolute Gasteiger partial charge is 0.493 e. The van der Waals surface area contributed by atoms with E-state index in [0.717, 1.165) is 37.2 Å². The lowest BCUT2D eigenvalue weighted by molar-refractivity contribution is -0.0305. The Morgan fingerprint density at radius 3 is 3.00 bits per heavy atom. The van der Waals surface area contributed by atoms with Crippen molar-refractivity contribution in [2.45, 2.75) is 44.5 Å². The molecule has 2 aliphatic rings. The van der Waals surface area contributed by atoms with E-state index in [1.54, 1.807) is 0 Å². The lowest BCUT2D eigenvalue weighted by Gasteiger charge is -2.20. The second-order valence-corrected chi connectivity index (χ2v) is 4.94. The van der Waals surface area contributed by atoms with Gasteiger partial charge in [-0.1, -0.05) is 18.2 Å². The molecule has 2 aliphatic heterocycles. The maximum absolute atomic E-state index is 10.4. The maximum atomic E-state index is 10.4. The number of fused-ring (bicyclic) bond motifs is 1. The minimum absolute atomic E-state index is 0.0827. The zero-order valence-electron chi connectivity index (χ0n) is 10.1. The number of aliphatic hydroxyl groups is 1. The van der Waals surface area contributed by atoms with Crippen LogP contribution in [0.1, 0.15) is 37.0 Å². The van der Waals surface area contributed by atoms with Crippen LogP contribution in [-0.4, -0.2) is 23.9 Å². The summed E-state index contributed by atoms with van der Waals surface area (Å²) in [6.07, 6.45) is 2.50. The van der Waals surface area contributed by atoms with Crippen molar-refractivity contribution < 1.29 is 14.6 Å².